The fraction of sp³-hybridized carbons (Fsp3) is 0.250. The van der Waals surface area contributed by atoms with E-state index in [1.54, 1.807) is 18.2 Å². The van der Waals surface area contributed by atoms with E-state index in [2.05, 4.69) is 10.3 Å². The molecule has 0 radical (unpaired) electrons. The van der Waals surface area contributed by atoms with Crippen molar-refractivity contribution < 1.29 is 22.4 Å². The summed E-state index contributed by atoms with van der Waals surface area (Å²) in [6.45, 7) is 1.29. The van der Waals surface area contributed by atoms with E-state index in [-0.39, 0.29) is 18.8 Å². The van der Waals surface area contributed by atoms with Gasteiger partial charge in [-0.2, -0.15) is 13.2 Å². The molecule has 4 rings (SSSR count). The standard InChI is InChI=1S/C20H16ClF4N5O/c21-13-2-1-3-16(12-13)28-8-10-29(11-9-28)19(31)17-18(20(23,24)25)30(27-26-17)15-6-4-14(22)5-7-15/h1-7,12H,8-11H2. The van der Waals surface area contributed by atoms with Gasteiger partial charge in [-0.15, -0.1) is 5.10 Å². The summed E-state index contributed by atoms with van der Waals surface area (Å²) in [5.41, 5.74) is -1.25. The SMILES string of the molecule is O=C(c1nnn(-c2ccc(F)cc2)c1C(F)(F)F)N1CCN(c2cccc(Cl)c2)CC1. The molecule has 3 aromatic rings. The van der Waals surface area contributed by atoms with E-state index >= 15 is 0 Å². The maximum Gasteiger partial charge on any atom is 0.435 e. The number of aromatic nitrogens is 3. The van der Waals surface area contributed by atoms with Crippen LogP contribution in [0.4, 0.5) is 23.2 Å². The minimum atomic E-state index is -4.88. The van der Waals surface area contributed by atoms with Crippen molar-refractivity contribution in [3.8, 4) is 5.69 Å². The normalized spacial score (nSPS) is 14.7. The number of rotatable bonds is 3. The number of carbonyl (C=O) groups excluding carboxylic acids is 1. The maximum absolute atomic E-state index is 13.8. The van der Waals surface area contributed by atoms with Gasteiger partial charge in [0.25, 0.3) is 5.91 Å². The zero-order chi connectivity index (χ0) is 22.2. The Morgan fingerprint density at radius 3 is 2.26 bits per heavy atom. The third-order valence-corrected chi connectivity index (χ3v) is 5.19. The van der Waals surface area contributed by atoms with Crippen molar-refractivity contribution in [2.45, 2.75) is 6.18 Å². The highest BCUT2D eigenvalue weighted by molar-refractivity contribution is 6.30. The van der Waals surface area contributed by atoms with Crippen molar-refractivity contribution in [2.24, 2.45) is 0 Å². The van der Waals surface area contributed by atoms with Gasteiger partial charge in [0.1, 0.15) is 5.82 Å². The number of hydrogen-bond donors (Lipinski definition) is 0. The number of anilines is 1. The summed E-state index contributed by atoms with van der Waals surface area (Å²) in [6.07, 6.45) is -4.88. The molecule has 6 nitrogen and oxygen atoms in total. The van der Waals surface area contributed by atoms with Crippen molar-refractivity contribution in [3.63, 3.8) is 0 Å². The second-order valence-corrected chi connectivity index (χ2v) is 7.37. The first-order valence-corrected chi connectivity index (χ1v) is 9.70. The van der Waals surface area contributed by atoms with E-state index < -0.39 is 29.3 Å². The molecule has 2 aromatic carbocycles. The molecule has 0 bridgehead atoms. The lowest BCUT2D eigenvalue weighted by molar-refractivity contribution is -0.143. The number of amides is 1. The Kier molecular flexibility index (Phi) is 5.57. The van der Waals surface area contributed by atoms with Gasteiger partial charge in [0.05, 0.1) is 5.69 Å². The van der Waals surface area contributed by atoms with E-state index in [1.165, 1.54) is 4.90 Å². The van der Waals surface area contributed by atoms with E-state index in [0.717, 1.165) is 30.0 Å². The van der Waals surface area contributed by atoms with Crippen molar-refractivity contribution in [3.05, 3.63) is 70.8 Å². The minimum absolute atomic E-state index is 0.0500. The maximum atomic E-state index is 13.8. The number of carbonyl (C=O) groups is 1. The molecular weight excluding hydrogens is 438 g/mol. The van der Waals surface area contributed by atoms with Gasteiger partial charge in [-0.25, -0.2) is 9.07 Å². The summed E-state index contributed by atoms with van der Waals surface area (Å²) < 4.78 is 55.0. The number of halogens is 5. The van der Waals surface area contributed by atoms with E-state index in [0.29, 0.717) is 22.8 Å². The highest BCUT2D eigenvalue weighted by Gasteiger charge is 2.43. The Bertz CT molecular complexity index is 1090. The zero-order valence-electron chi connectivity index (χ0n) is 16.0. The van der Waals surface area contributed by atoms with Gasteiger partial charge < -0.3 is 9.80 Å². The lowest BCUT2D eigenvalue weighted by Gasteiger charge is -2.36. The fourth-order valence-corrected chi connectivity index (χ4v) is 3.62. The number of nitrogens with zero attached hydrogens (tertiary/aromatic N) is 5. The largest absolute Gasteiger partial charge is 0.435 e. The molecule has 1 aliphatic rings. The molecule has 0 N–H and O–H groups in total. The van der Waals surface area contributed by atoms with Crippen molar-refractivity contribution in [1.29, 1.82) is 0 Å². The monoisotopic (exact) mass is 453 g/mol. The molecule has 0 spiro atoms. The Morgan fingerprint density at radius 2 is 1.65 bits per heavy atom. The summed E-state index contributed by atoms with van der Waals surface area (Å²) in [6, 6.07) is 11.5. The zero-order valence-corrected chi connectivity index (χ0v) is 16.7. The second kappa shape index (κ2) is 8.18. The molecule has 1 aliphatic heterocycles. The molecule has 0 saturated carbocycles. The Balaban J connectivity index is 1.57. The molecule has 2 heterocycles. The van der Waals surface area contributed by atoms with Gasteiger partial charge >= 0.3 is 6.18 Å². The summed E-state index contributed by atoms with van der Waals surface area (Å²) in [7, 11) is 0. The van der Waals surface area contributed by atoms with Crippen LogP contribution in [0.25, 0.3) is 5.69 Å². The molecule has 1 fully saturated rings. The Hall–Kier alpha value is -3.14. The summed E-state index contributed by atoms with van der Waals surface area (Å²) in [5, 5.41) is 7.62. The number of piperazine rings is 1. The molecule has 162 valence electrons. The third kappa shape index (κ3) is 4.34. The average Bonchev–Trinajstić information content (AvgIpc) is 3.20. The Labute approximate surface area is 179 Å². The van der Waals surface area contributed by atoms with Gasteiger partial charge in [0.15, 0.2) is 11.4 Å². The van der Waals surface area contributed by atoms with E-state index in [4.69, 9.17) is 11.6 Å². The van der Waals surface area contributed by atoms with Crippen LogP contribution in [0.1, 0.15) is 16.2 Å². The van der Waals surface area contributed by atoms with Crippen LogP contribution in [0, 0.1) is 5.82 Å². The number of alkyl halides is 3. The molecule has 1 amide bonds. The third-order valence-electron chi connectivity index (χ3n) is 4.95. The predicted octanol–water partition coefficient (Wildman–Crippen LogP) is 4.04. The van der Waals surface area contributed by atoms with Crippen molar-refractivity contribution in [2.75, 3.05) is 31.1 Å². The molecule has 31 heavy (non-hydrogen) atoms. The van der Waals surface area contributed by atoms with Crippen molar-refractivity contribution >= 4 is 23.2 Å². The Morgan fingerprint density at radius 1 is 0.968 bits per heavy atom. The summed E-state index contributed by atoms with van der Waals surface area (Å²) in [4.78, 5) is 16.2. The van der Waals surface area contributed by atoms with Crippen LogP contribution in [0.5, 0.6) is 0 Å². The fourth-order valence-electron chi connectivity index (χ4n) is 3.43. The molecule has 1 saturated heterocycles. The number of hydrogen-bond acceptors (Lipinski definition) is 4. The lowest BCUT2D eigenvalue weighted by atomic mass is 10.2. The van der Waals surface area contributed by atoms with Crippen LogP contribution in [0.15, 0.2) is 48.5 Å². The molecule has 0 unspecified atom stereocenters. The highest BCUT2D eigenvalue weighted by Crippen LogP contribution is 2.33. The van der Waals surface area contributed by atoms with Crippen LogP contribution >= 0.6 is 11.6 Å². The average molecular weight is 454 g/mol. The van der Waals surface area contributed by atoms with Gasteiger partial charge in [-0.05, 0) is 42.5 Å². The lowest BCUT2D eigenvalue weighted by Crippen LogP contribution is -2.49. The first-order valence-electron chi connectivity index (χ1n) is 9.32. The first-order chi connectivity index (χ1) is 14.7. The van der Waals surface area contributed by atoms with Gasteiger partial charge in [0.2, 0.25) is 0 Å². The van der Waals surface area contributed by atoms with E-state index in [9.17, 15) is 22.4 Å². The topological polar surface area (TPSA) is 54.3 Å². The number of benzene rings is 2. The van der Waals surface area contributed by atoms with Gasteiger partial charge in [-0.1, -0.05) is 22.9 Å². The molecule has 1 aromatic heterocycles. The first kappa shape index (κ1) is 21.1. The molecule has 11 heteroatoms. The van der Waals surface area contributed by atoms with Crippen molar-refractivity contribution in [1.82, 2.24) is 19.9 Å². The van der Waals surface area contributed by atoms with Crippen LogP contribution in [0.3, 0.4) is 0 Å². The highest BCUT2D eigenvalue weighted by atomic mass is 35.5. The van der Waals surface area contributed by atoms with Gasteiger partial charge in [0, 0.05) is 36.9 Å². The summed E-state index contributed by atoms with van der Waals surface area (Å²) >= 11 is 6.01. The quantitative estimate of drug-likeness (QED) is 0.562. The molecule has 0 aliphatic carbocycles. The van der Waals surface area contributed by atoms with Crippen LogP contribution in [-0.4, -0.2) is 52.0 Å². The van der Waals surface area contributed by atoms with Crippen LogP contribution in [-0.2, 0) is 6.18 Å². The second-order valence-electron chi connectivity index (χ2n) is 6.93. The predicted molar refractivity (Wildman–Crippen MR) is 106 cm³/mol. The molecular formula is C20H16ClF4N5O. The van der Waals surface area contributed by atoms with Crippen LogP contribution < -0.4 is 4.90 Å². The van der Waals surface area contributed by atoms with Crippen LogP contribution in [0.2, 0.25) is 5.02 Å². The van der Waals surface area contributed by atoms with Gasteiger partial charge in [-0.3, -0.25) is 4.79 Å². The minimum Gasteiger partial charge on any atom is -0.368 e. The van der Waals surface area contributed by atoms with E-state index in [1.807, 2.05) is 11.0 Å². The smallest absolute Gasteiger partial charge is 0.368 e. The summed E-state index contributed by atoms with van der Waals surface area (Å²) in [5.74, 6) is -1.46. The molecule has 0 atom stereocenters.